The van der Waals surface area contributed by atoms with Crippen LogP contribution < -0.4 is 0 Å². The third-order valence-corrected chi connectivity index (χ3v) is 3.04. The normalized spacial score (nSPS) is 14.1. The Bertz CT molecular complexity index is 186. The van der Waals surface area contributed by atoms with Gasteiger partial charge >= 0.3 is 0 Å². The molecule has 0 aliphatic carbocycles. The van der Waals surface area contributed by atoms with Crippen LogP contribution in [0.15, 0.2) is 0 Å². The summed E-state index contributed by atoms with van der Waals surface area (Å²) in [6.07, 6.45) is 4.82. The van der Waals surface area contributed by atoms with Crippen LogP contribution in [0, 0.1) is 28.6 Å². The van der Waals surface area contributed by atoms with Crippen LogP contribution in [-0.4, -0.2) is 0 Å². The summed E-state index contributed by atoms with van der Waals surface area (Å²) in [7, 11) is 0. The zero-order valence-corrected chi connectivity index (χ0v) is 10.4. The molecule has 82 valence electrons. The second-order valence-electron chi connectivity index (χ2n) is 5.29. The van der Waals surface area contributed by atoms with Gasteiger partial charge in [-0.15, -0.1) is 0 Å². The molecule has 0 aromatic heterocycles. The average Bonchev–Trinajstić information content (AvgIpc) is 2.11. The highest BCUT2D eigenvalue weighted by Crippen LogP contribution is 2.34. The van der Waals surface area contributed by atoms with E-state index in [4.69, 9.17) is 5.26 Å². The lowest BCUT2D eigenvalue weighted by molar-refractivity contribution is 0.241. The predicted octanol–water partition coefficient (Wildman–Crippen LogP) is 4.39. The third-order valence-electron chi connectivity index (χ3n) is 3.04. The smallest absolute Gasteiger partial charge is 0.0686 e. The van der Waals surface area contributed by atoms with Gasteiger partial charge in [0.15, 0.2) is 0 Å². The van der Waals surface area contributed by atoms with Crippen LogP contribution in [0.2, 0.25) is 0 Å². The summed E-state index contributed by atoms with van der Waals surface area (Å²) >= 11 is 0. The van der Waals surface area contributed by atoms with Crippen molar-refractivity contribution in [2.24, 2.45) is 17.3 Å². The molecule has 0 radical (unpaired) electrons. The van der Waals surface area contributed by atoms with Gasteiger partial charge in [-0.25, -0.2) is 0 Å². The monoisotopic (exact) mass is 195 g/mol. The SMILES string of the molecule is CCCC(CCC(C)C)C(C)(C)C#N. The van der Waals surface area contributed by atoms with Gasteiger partial charge in [0, 0.05) is 0 Å². The molecule has 0 aromatic rings. The van der Waals surface area contributed by atoms with Gasteiger partial charge < -0.3 is 0 Å². The summed E-state index contributed by atoms with van der Waals surface area (Å²) in [4.78, 5) is 0. The number of nitrogens with zero attached hydrogens (tertiary/aromatic N) is 1. The summed E-state index contributed by atoms with van der Waals surface area (Å²) in [5.41, 5.74) is -0.148. The first kappa shape index (κ1) is 13.5. The van der Waals surface area contributed by atoms with Crippen molar-refractivity contribution in [1.82, 2.24) is 0 Å². The molecule has 0 aliphatic heterocycles. The molecule has 0 spiro atoms. The fraction of sp³-hybridized carbons (Fsp3) is 0.923. The maximum Gasteiger partial charge on any atom is 0.0686 e. The summed E-state index contributed by atoms with van der Waals surface area (Å²) in [5.74, 6) is 1.32. The van der Waals surface area contributed by atoms with E-state index in [-0.39, 0.29) is 5.41 Å². The molecule has 0 aliphatic rings. The quantitative estimate of drug-likeness (QED) is 0.616. The zero-order valence-electron chi connectivity index (χ0n) is 10.4. The zero-order chi connectivity index (χ0) is 11.2. The van der Waals surface area contributed by atoms with E-state index < -0.39 is 0 Å². The Morgan fingerprint density at radius 1 is 1.14 bits per heavy atom. The van der Waals surface area contributed by atoms with Gasteiger partial charge in [0.2, 0.25) is 0 Å². The van der Waals surface area contributed by atoms with E-state index in [0.29, 0.717) is 5.92 Å². The van der Waals surface area contributed by atoms with Crippen LogP contribution in [-0.2, 0) is 0 Å². The fourth-order valence-corrected chi connectivity index (χ4v) is 1.84. The van der Waals surface area contributed by atoms with Crippen molar-refractivity contribution < 1.29 is 0 Å². The molecule has 0 aromatic carbocycles. The van der Waals surface area contributed by atoms with Crippen molar-refractivity contribution in [3.63, 3.8) is 0 Å². The van der Waals surface area contributed by atoms with Crippen molar-refractivity contribution in [2.75, 3.05) is 0 Å². The summed E-state index contributed by atoms with van der Waals surface area (Å²) in [5, 5.41) is 9.11. The Morgan fingerprint density at radius 2 is 1.71 bits per heavy atom. The van der Waals surface area contributed by atoms with Gasteiger partial charge in [-0.1, -0.05) is 33.6 Å². The highest BCUT2D eigenvalue weighted by Gasteiger charge is 2.28. The van der Waals surface area contributed by atoms with Crippen molar-refractivity contribution in [2.45, 2.75) is 60.3 Å². The van der Waals surface area contributed by atoms with E-state index in [1.807, 2.05) is 0 Å². The molecular weight excluding hydrogens is 170 g/mol. The van der Waals surface area contributed by atoms with E-state index in [2.05, 4.69) is 40.7 Å². The molecule has 1 unspecified atom stereocenters. The van der Waals surface area contributed by atoms with Crippen LogP contribution >= 0.6 is 0 Å². The van der Waals surface area contributed by atoms with Gasteiger partial charge in [0.1, 0.15) is 0 Å². The van der Waals surface area contributed by atoms with E-state index in [1.54, 1.807) is 0 Å². The minimum atomic E-state index is -0.148. The van der Waals surface area contributed by atoms with Crippen molar-refractivity contribution >= 4 is 0 Å². The fourth-order valence-electron chi connectivity index (χ4n) is 1.84. The Balaban J connectivity index is 4.23. The minimum Gasteiger partial charge on any atom is -0.198 e. The molecule has 14 heavy (non-hydrogen) atoms. The van der Waals surface area contributed by atoms with Crippen molar-refractivity contribution in [3.05, 3.63) is 0 Å². The van der Waals surface area contributed by atoms with E-state index in [0.717, 1.165) is 5.92 Å². The van der Waals surface area contributed by atoms with E-state index in [9.17, 15) is 0 Å². The van der Waals surface area contributed by atoms with Crippen LogP contribution in [0.4, 0.5) is 0 Å². The molecule has 1 atom stereocenters. The van der Waals surface area contributed by atoms with E-state index in [1.165, 1.54) is 25.7 Å². The highest BCUT2D eigenvalue weighted by molar-refractivity contribution is 4.96. The number of hydrogen-bond acceptors (Lipinski definition) is 1. The average molecular weight is 195 g/mol. The van der Waals surface area contributed by atoms with Gasteiger partial charge in [-0.3, -0.25) is 0 Å². The topological polar surface area (TPSA) is 23.8 Å². The molecule has 0 rings (SSSR count). The van der Waals surface area contributed by atoms with Crippen LogP contribution in [0.1, 0.15) is 60.3 Å². The lowest BCUT2D eigenvalue weighted by atomic mass is 9.74. The van der Waals surface area contributed by atoms with Gasteiger partial charge in [0.25, 0.3) is 0 Å². The summed E-state index contributed by atoms with van der Waals surface area (Å²) < 4.78 is 0. The number of hydrogen-bond donors (Lipinski definition) is 0. The number of nitriles is 1. The second kappa shape index (κ2) is 6.06. The molecular formula is C13H25N. The first-order valence-electron chi connectivity index (χ1n) is 5.85. The molecule has 1 heteroatoms. The van der Waals surface area contributed by atoms with Crippen molar-refractivity contribution in [3.8, 4) is 6.07 Å². The second-order valence-corrected chi connectivity index (χ2v) is 5.29. The minimum absolute atomic E-state index is 0.148. The Hall–Kier alpha value is -0.510. The van der Waals surface area contributed by atoms with Gasteiger partial charge in [-0.2, -0.15) is 5.26 Å². The third kappa shape index (κ3) is 4.65. The van der Waals surface area contributed by atoms with Crippen molar-refractivity contribution in [1.29, 1.82) is 5.26 Å². The molecule has 0 bridgehead atoms. The standard InChI is InChI=1S/C13H25N/c1-6-7-12(9-8-11(2)3)13(4,5)10-14/h11-12H,6-9H2,1-5H3. The number of rotatable bonds is 6. The molecule has 0 heterocycles. The molecule has 0 N–H and O–H groups in total. The van der Waals surface area contributed by atoms with Crippen LogP contribution in [0.25, 0.3) is 0 Å². The van der Waals surface area contributed by atoms with Crippen LogP contribution in [0.5, 0.6) is 0 Å². The Kier molecular flexibility index (Phi) is 5.84. The molecule has 0 saturated carbocycles. The molecule has 0 fully saturated rings. The highest BCUT2D eigenvalue weighted by atomic mass is 14.4. The lowest BCUT2D eigenvalue weighted by Gasteiger charge is -2.28. The summed E-state index contributed by atoms with van der Waals surface area (Å²) in [6, 6.07) is 2.45. The van der Waals surface area contributed by atoms with Gasteiger partial charge in [-0.05, 0) is 38.5 Å². The molecule has 0 saturated heterocycles. The predicted molar refractivity (Wildman–Crippen MR) is 61.9 cm³/mol. The first-order chi connectivity index (χ1) is 6.44. The van der Waals surface area contributed by atoms with Crippen LogP contribution in [0.3, 0.4) is 0 Å². The Morgan fingerprint density at radius 3 is 2.07 bits per heavy atom. The van der Waals surface area contributed by atoms with Gasteiger partial charge in [0.05, 0.1) is 11.5 Å². The van der Waals surface area contributed by atoms with E-state index >= 15 is 0 Å². The lowest BCUT2D eigenvalue weighted by Crippen LogP contribution is -2.22. The maximum absolute atomic E-state index is 9.11. The largest absolute Gasteiger partial charge is 0.198 e. The molecule has 0 amide bonds. The maximum atomic E-state index is 9.11. The Labute approximate surface area is 89.5 Å². The first-order valence-corrected chi connectivity index (χ1v) is 5.85. The molecule has 1 nitrogen and oxygen atoms in total. The summed E-state index contributed by atoms with van der Waals surface area (Å²) in [6.45, 7) is 10.9.